The van der Waals surface area contributed by atoms with Crippen LogP contribution in [0.2, 0.25) is 0 Å². The highest BCUT2D eigenvalue weighted by Crippen LogP contribution is 2.39. The van der Waals surface area contributed by atoms with Crippen molar-refractivity contribution in [3.05, 3.63) is 107 Å². The predicted octanol–water partition coefficient (Wildman–Crippen LogP) is 4.44. The van der Waals surface area contributed by atoms with Crippen molar-refractivity contribution < 1.29 is 19.1 Å². The van der Waals surface area contributed by atoms with E-state index in [9.17, 15) is 14.4 Å². The maximum Gasteiger partial charge on any atom is 0.256 e. The minimum Gasteiger partial charge on any atom is -0.353 e. The molecule has 0 radical (unpaired) electrons. The van der Waals surface area contributed by atoms with Gasteiger partial charge < -0.3 is 14.5 Å². The van der Waals surface area contributed by atoms with Crippen LogP contribution < -0.4 is 0 Å². The number of carbonyl (C=O) groups excluding carboxylic acids is 3. The molecule has 0 N–H and O–H groups in total. The molecule has 5 rings (SSSR count). The van der Waals surface area contributed by atoms with E-state index in [1.165, 1.54) is 0 Å². The monoisotopic (exact) mass is 525 g/mol. The summed E-state index contributed by atoms with van der Waals surface area (Å²) in [5.41, 5.74) is 3.26. The second kappa shape index (κ2) is 11.0. The van der Waals surface area contributed by atoms with Crippen LogP contribution in [0.1, 0.15) is 50.2 Å². The summed E-state index contributed by atoms with van der Waals surface area (Å²) in [6.07, 6.45) is 0.878. The SMILES string of the molecule is Cc1ccc(C(=O)N2C(C(=O)N(C)Cc3ccccc3)COC23CCN(C(=O)c2ccccc2C)CC3)cc1. The third-order valence-corrected chi connectivity index (χ3v) is 7.91. The van der Waals surface area contributed by atoms with Gasteiger partial charge in [0.15, 0.2) is 0 Å². The molecule has 3 amide bonds. The molecule has 1 atom stereocenters. The largest absolute Gasteiger partial charge is 0.353 e. The maximum absolute atomic E-state index is 14.0. The first kappa shape index (κ1) is 26.6. The van der Waals surface area contributed by atoms with Gasteiger partial charge in [0.2, 0.25) is 5.91 Å². The summed E-state index contributed by atoms with van der Waals surface area (Å²) in [5.74, 6) is -0.403. The van der Waals surface area contributed by atoms with E-state index in [0.717, 1.165) is 16.7 Å². The quantitative estimate of drug-likeness (QED) is 0.494. The summed E-state index contributed by atoms with van der Waals surface area (Å²) in [6, 6.07) is 24.0. The minimum absolute atomic E-state index is 0.0208. The van der Waals surface area contributed by atoms with Gasteiger partial charge in [0, 0.05) is 50.7 Å². The Kier molecular flexibility index (Phi) is 7.53. The van der Waals surface area contributed by atoms with Crippen LogP contribution in [0, 0.1) is 13.8 Å². The lowest BCUT2D eigenvalue weighted by Crippen LogP contribution is -2.59. The van der Waals surface area contributed by atoms with Gasteiger partial charge in [-0.15, -0.1) is 0 Å². The van der Waals surface area contributed by atoms with Crippen LogP contribution in [0.15, 0.2) is 78.9 Å². The lowest BCUT2D eigenvalue weighted by molar-refractivity contribution is -0.137. The molecule has 2 saturated heterocycles. The van der Waals surface area contributed by atoms with Crippen molar-refractivity contribution in [3.63, 3.8) is 0 Å². The highest BCUT2D eigenvalue weighted by atomic mass is 16.5. The second-order valence-electron chi connectivity index (χ2n) is 10.6. The van der Waals surface area contributed by atoms with Crippen molar-refractivity contribution in [1.29, 1.82) is 0 Å². The van der Waals surface area contributed by atoms with Crippen LogP contribution in [-0.2, 0) is 16.1 Å². The van der Waals surface area contributed by atoms with Crippen molar-refractivity contribution in [2.75, 3.05) is 26.7 Å². The summed E-state index contributed by atoms with van der Waals surface area (Å²) in [4.78, 5) is 46.2. The van der Waals surface area contributed by atoms with Crippen molar-refractivity contribution in [3.8, 4) is 0 Å². The fourth-order valence-corrected chi connectivity index (χ4v) is 5.62. The summed E-state index contributed by atoms with van der Waals surface area (Å²) >= 11 is 0. The first-order chi connectivity index (χ1) is 18.8. The molecule has 2 aliphatic rings. The molecular formula is C32H35N3O4. The number of benzene rings is 3. The number of piperidine rings is 1. The summed E-state index contributed by atoms with van der Waals surface area (Å²) in [6.45, 7) is 5.34. The number of nitrogens with zero attached hydrogens (tertiary/aromatic N) is 3. The number of hydrogen-bond acceptors (Lipinski definition) is 4. The molecule has 202 valence electrons. The summed E-state index contributed by atoms with van der Waals surface area (Å²) < 4.78 is 6.37. The van der Waals surface area contributed by atoms with Gasteiger partial charge in [-0.25, -0.2) is 0 Å². The molecule has 0 aliphatic carbocycles. The fraction of sp³-hybridized carbons (Fsp3) is 0.344. The number of aryl methyl sites for hydroxylation is 2. The van der Waals surface area contributed by atoms with Crippen LogP contribution in [0.25, 0.3) is 0 Å². The van der Waals surface area contributed by atoms with Gasteiger partial charge in [0.05, 0.1) is 6.61 Å². The first-order valence-electron chi connectivity index (χ1n) is 13.5. The Balaban J connectivity index is 1.39. The van der Waals surface area contributed by atoms with E-state index in [1.807, 2.05) is 85.5 Å². The normalized spacial score (nSPS) is 18.3. The predicted molar refractivity (Wildman–Crippen MR) is 149 cm³/mol. The molecule has 2 heterocycles. The number of rotatable bonds is 5. The van der Waals surface area contributed by atoms with Crippen LogP contribution in [0.5, 0.6) is 0 Å². The number of likely N-dealkylation sites (N-methyl/N-ethyl adjacent to an activating group) is 1. The van der Waals surface area contributed by atoms with E-state index in [0.29, 0.717) is 43.6 Å². The Bertz CT molecular complexity index is 1350. The van der Waals surface area contributed by atoms with Crippen LogP contribution >= 0.6 is 0 Å². The van der Waals surface area contributed by atoms with E-state index in [1.54, 1.807) is 29.0 Å². The third kappa shape index (κ3) is 5.32. The summed E-state index contributed by atoms with van der Waals surface area (Å²) in [5, 5.41) is 0. The second-order valence-corrected chi connectivity index (χ2v) is 10.6. The molecule has 3 aromatic carbocycles. The topological polar surface area (TPSA) is 70.2 Å². The molecule has 0 aromatic heterocycles. The molecule has 39 heavy (non-hydrogen) atoms. The molecule has 2 fully saturated rings. The molecule has 3 aromatic rings. The zero-order valence-electron chi connectivity index (χ0n) is 22.8. The highest BCUT2D eigenvalue weighted by molar-refractivity contribution is 5.99. The smallest absolute Gasteiger partial charge is 0.256 e. The Morgan fingerprint density at radius 1 is 0.872 bits per heavy atom. The highest BCUT2D eigenvalue weighted by Gasteiger charge is 2.54. The molecule has 1 unspecified atom stereocenters. The number of amides is 3. The standard InChI is InChI=1S/C32H35N3O4/c1-23-13-15-26(16-14-23)29(36)35-28(31(38)33(3)21-25-10-5-4-6-11-25)22-39-32(35)17-19-34(20-18-32)30(37)27-12-8-7-9-24(27)2/h4-16,28H,17-22H2,1-3H3. The summed E-state index contributed by atoms with van der Waals surface area (Å²) in [7, 11) is 1.76. The van der Waals surface area contributed by atoms with Crippen molar-refractivity contribution in [2.45, 2.75) is 45.0 Å². The minimum atomic E-state index is -0.946. The van der Waals surface area contributed by atoms with Gasteiger partial charge in [-0.1, -0.05) is 66.2 Å². The van der Waals surface area contributed by atoms with Crippen molar-refractivity contribution in [1.82, 2.24) is 14.7 Å². The molecule has 1 spiro atoms. The Labute approximate surface area is 230 Å². The maximum atomic E-state index is 14.0. The van der Waals surface area contributed by atoms with Crippen LogP contribution in [0.4, 0.5) is 0 Å². The van der Waals surface area contributed by atoms with E-state index < -0.39 is 11.8 Å². The molecule has 7 heteroatoms. The van der Waals surface area contributed by atoms with Gasteiger partial charge in [-0.3, -0.25) is 19.3 Å². The van der Waals surface area contributed by atoms with Gasteiger partial charge >= 0.3 is 0 Å². The van der Waals surface area contributed by atoms with Gasteiger partial charge in [0.25, 0.3) is 11.8 Å². The molecular weight excluding hydrogens is 490 g/mol. The average molecular weight is 526 g/mol. The van der Waals surface area contributed by atoms with Crippen LogP contribution in [-0.4, -0.2) is 70.9 Å². The van der Waals surface area contributed by atoms with Crippen molar-refractivity contribution in [2.24, 2.45) is 0 Å². The molecule has 2 aliphatic heterocycles. The average Bonchev–Trinajstić information content (AvgIpc) is 3.31. The van der Waals surface area contributed by atoms with E-state index >= 15 is 0 Å². The lowest BCUT2D eigenvalue weighted by Gasteiger charge is -2.45. The van der Waals surface area contributed by atoms with Crippen LogP contribution in [0.3, 0.4) is 0 Å². The zero-order chi connectivity index (χ0) is 27.6. The molecule has 0 bridgehead atoms. The fourth-order valence-electron chi connectivity index (χ4n) is 5.62. The molecule has 0 saturated carbocycles. The number of hydrogen-bond donors (Lipinski definition) is 0. The number of ether oxygens (including phenoxy) is 1. The Morgan fingerprint density at radius 2 is 1.51 bits per heavy atom. The van der Waals surface area contributed by atoms with Gasteiger partial charge in [0.1, 0.15) is 11.8 Å². The van der Waals surface area contributed by atoms with E-state index in [4.69, 9.17) is 4.74 Å². The van der Waals surface area contributed by atoms with Crippen molar-refractivity contribution >= 4 is 17.7 Å². The van der Waals surface area contributed by atoms with E-state index in [-0.39, 0.29) is 24.3 Å². The Hall–Kier alpha value is -3.97. The zero-order valence-corrected chi connectivity index (χ0v) is 22.8. The van der Waals surface area contributed by atoms with Gasteiger partial charge in [-0.2, -0.15) is 0 Å². The third-order valence-electron chi connectivity index (χ3n) is 7.91. The Morgan fingerprint density at radius 3 is 2.18 bits per heavy atom. The number of likely N-dealkylation sites (tertiary alicyclic amines) is 1. The lowest BCUT2D eigenvalue weighted by atomic mass is 9.95. The van der Waals surface area contributed by atoms with E-state index in [2.05, 4.69) is 0 Å². The van der Waals surface area contributed by atoms with Gasteiger partial charge in [-0.05, 0) is 43.2 Å². The first-order valence-corrected chi connectivity index (χ1v) is 13.5. The molecule has 7 nitrogen and oxygen atoms in total. The number of carbonyl (C=O) groups is 3.